The van der Waals surface area contributed by atoms with Gasteiger partial charge in [-0.2, -0.15) is 0 Å². The molecule has 8 heteroatoms. The molecule has 2 aliphatic heterocycles. The first-order valence-corrected chi connectivity index (χ1v) is 9.24. The molecule has 3 amide bonds. The maximum Gasteiger partial charge on any atom is 0.248 e. The highest BCUT2D eigenvalue weighted by Gasteiger charge is 2.30. The van der Waals surface area contributed by atoms with Crippen LogP contribution in [0.2, 0.25) is 0 Å². The second-order valence-electron chi connectivity index (χ2n) is 6.85. The van der Waals surface area contributed by atoms with Crippen LogP contribution in [0.1, 0.15) is 36.0 Å². The number of amides is 3. The molecule has 2 saturated heterocycles. The molecule has 8 nitrogen and oxygen atoms in total. The van der Waals surface area contributed by atoms with E-state index < -0.39 is 5.91 Å². The normalized spacial score (nSPS) is 23.0. The van der Waals surface area contributed by atoms with Crippen molar-refractivity contribution in [2.24, 2.45) is 5.73 Å². The maximum absolute atomic E-state index is 12.4. The molecular formula is C19H25N3O5. The van der Waals surface area contributed by atoms with Gasteiger partial charge in [0.15, 0.2) is 0 Å². The van der Waals surface area contributed by atoms with Crippen LogP contribution in [0, 0.1) is 0 Å². The van der Waals surface area contributed by atoms with Crippen LogP contribution in [0.4, 0.5) is 0 Å². The summed E-state index contributed by atoms with van der Waals surface area (Å²) in [7, 11) is 0. The lowest BCUT2D eigenvalue weighted by atomic mass is 10.1. The summed E-state index contributed by atoms with van der Waals surface area (Å²) in [5, 5.41) is 2.97. The molecule has 146 valence electrons. The van der Waals surface area contributed by atoms with E-state index in [0.717, 1.165) is 12.8 Å². The molecule has 2 aliphatic rings. The summed E-state index contributed by atoms with van der Waals surface area (Å²) in [5.41, 5.74) is 5.64. The number of nitrogens with one attached hydrogen (secondary N) is 1. The third-order valence-corrected chi connectivity index (χ3v) is 4.83. The largest absolute Gasteiger partial charge is 0.486 e. The molecule has 1 aromatic carbocycles. The Morgan fingerprint density at radius 2 is 2.04 bits per heavy atom. The zero-order chi connectivity index (χ0) is 19.2. The van der Waals surface area contributed by atoms with E-state index in [1.54, 1.807) is 29.2 Å². The number of rotatable bonds is 6. The SMILES string of the molecule is NC(=O)c1ccc(O[C@@H]2COCC[C@H]2NC(=O)CN2CCCCC2=O)cc1. The van der Waals surface area contributed by atoms with Crippen molar-refractivity contribution in [1.82, 2.24) is 10.2 Å². The number of benzene rings is 1. The molecular weight excluding hydrogens is 350 g/mol. The molecule has 0 aromatic heterocycles. The Morgan fingerprint density at radius 1 is 1.26 bits per heavy atom. The molecule has 2 fully saturated rings. The highest BCUT2D eigenvalue weighted by atomic mass is 16.5. The minimum atomic E-state index is -0.500. The monoisotopic (exact) mass is 375 g/mol. The van der Waals surface area contributed by atoms with Crippen molar-refractivity contribution in [2.45, 2.75) is 37.8 Å². The Bertz CT molecular complexity index is 691. The summed E-state index contributed by atoms with van der Waals surface area (Å²) in [5.74, 6) is -0.0820. The van der Waals surface area contributed by atoms with Gasteiger partial charge in [-0.15, -0.1) is 0 Å². The number of nitrogens with zero attached hydrogens (tertiary/aromatic N) is 1. The molecule has 0 spiro atoms. The second kappa shape index (κ2) is 8.85. The van der Waals surface area contributed by atoms with Gasteiger partial charge in [0, 0.05) is 25.1 Å². The van der Waals surface area contributed by atoms with Gasteiger partial charge in [0.05, 0.1) is 19.2 Å². The number of hydrogen-bond acceptors (Lipinski definition) is 5. The minimum Gasteiger partial charge on any atom is -0.486 e. The number of likely N-dealkylation sites (tertiary alicyclic amines) is 1. The molecule has 2 atom stereocenters. The molecule has 0 saturated carbocycles. The molecule has 0 unspecified atom stereocenters. The number of primary amides is 1. The third kappa shape index (κ3) is 5.19. The minimum absolute atomic E-state index is 0.0331. The number of ether oxygens (including phenoxy) is 2. The van der Waals surface area contributed by atoms with Crippen LogP contribution in [-0.4, -0.2) is 61.1 Å². The molecule has 3 N–H and O–H groups in total. The Balaban J connectivity index is 1.57. The van der Waals surface area contributed by atoms with Gasteiger partial charge in [0.1, 0.15) is 11.9 Å². The summed E-state index contributed by atoms with van der Waals surface area (Å²) in [6.45, 7) is 1.60. The summed E-state index contributed by atoms with van der Waals surface area (Å²) in [6.07, 6.45) is 2.62. The van der Waals surface area contributed by atoms with Crippen molar-refractivity contribution in [3.8, 4) is 5.75 Å². The van der Waals surface area contributed by atoms with Gasteiger partial charge in [0.25, 0.3) is 0 Å². The highest BCUT2D eigenvalue weighted by Crippen LogP contribution is 2.19. The lowest BCUT2D eigenvalue weighted by Crippen LogP contribution is -2.54. The Labute approximate surface area is 158 Å². The molecule has 3 rings (SSSR count). The van der Waals surface area contributed by atoms with Crippen molar-refractivity contribution in [3.63, 3.8) is 0 Å². The number of nitrogens with two attached hydrogens (primary N) is 1. The van der Waals surface area contributed by atoms with E-state index >= 15 is 0 Å². The number of carbonyl (C=O) groups is 3. The van der Waals surface area contributed by atoms with Gasteiger partial charge >= 0.3 is 0 Å². The molecule has 0 bridgehead atoms. The molecule has 1 aromatic rings. The summed E-state index contributed by atoms with van der Waals surface area (Å²) >= 11 is 0. The topological polar surface area (TPSA) is 111 Å². The van der Waals surface area contributed by atoms with E-state index in [-0.39, 0.29) is 30.5 Å². The van der Waals surface area contributed by atoms with Crippen LogP contribution in [-0.2, 0) is 14.3 Å². The molecule has 27 heavy (non-hydrogen) atoms. The fourth-order valence-electron chi connectivity index (χ4n) is 3.32. The van der Waals surface area contributed by atoms with Gasteiger partial charge in [-0.3, -0.25) is 14.4 Å². The van der Waals surface area contributed by atoms with Crippen molar-refractivity contribution in [3.05, 3.63) is 29.8 Å². The van der Waals surface area contributed by atoms with E-state index in [0.29, 0.717) is 43.9 Å². The lowest BCUT2D eigenvalue weighted by molar-refractivity contribution is -0.138. The lowest BCUT2D eigenvalue weighted by Gasteiger charge is -2.33. The average molecular weight is 375 g/mol. The Kier molecular flexibility index (Phi) is 6.28. The van der Waals surface area contributed by atoms with Crippen LogP contribution in [0.5, 0.6) is 5.75 Å². The van der Waals surface area contributed by atoms with Crippen molar-refractivity contribution >= 4 is 17.7 Å². The fourth-order valence-corrected chi connectivity index (χ4v) is 3.32. The first-order valence-electron chi connectivity index (χ1n) is 9.24. The van der Waals surface area contributed by atoms with Crippen molar-refractivity contribution in [2.75, 3.05) is 26.3 Å². The molecule has 2 heterocycles. The predicted octanol–water partition coefficient (Wildman–Crippen LogP) is 0.451. The first kappa shape index (κ1) is 19.2. The van der Waals surface area contributed by atoms with Crippen molar-refractivity contribution < 1.29 is 23.9 Å². The predicted molar refractivity (Wildman–Crippen MR) is 97.2 cm³/mol. The van der Waals surface area contributed by atoms with E-state index in [4.69, 9.17) is 15.2 Å². The number of hydrogen-bond donors (Lipinski definition) is 2. The molecule has 0 aliphatic carbocycles. The quantitative estimate of drug-likeness (QED) is 0.750. The standard InChI is InChI=1S/C19H25N3O5/c20-19(25)13-4-6-14(7-5-13)27-16-12-26-10-8-15(16)21-17(23)11-22-9-2-1-3-18(22)24/h4-7,15-16H,1-3,8-12H2,(H2,20,25)(H,21,23)/t15-,16-/m1/s1. The van der Waals surface area contributed by atoms with Gasteiger partial charge in [-0.05, 0) is 43.5 Å². The average Bonchev–Trinajstić information content (AvgIpc) is 2.66. The number of piperidine rings is 1. The van der Waals surface area contributed by atoms with Crippen LogP contribution in [0.3, 0.4) is 0 Å². The summed E-state index contributed by atoms with van der Waals surface area (Å²) < 4.78 is 11.4. The Hall–Kier alpha value is -2.61. The first-order chi connectivity index (χ1) is 13.0. The van der Waals surface area contributed by atoms with E-state index in [2.05, 4.69) is 5.32 Å². The summed E-state index contributed by atoms with van der Waals surface area (Å²) in [6, 6.07) is 6.32. The molecule has 0 radical (unpaired) electrons. The van der Waals surface area contributed by atoms with E-state index in [1.807, 2.05) is 0 Å². The zero-order valence-electron chi connectivity index (χ0n) is 15.2. The van der Waals surface area contributed by atoms with Gasteiger partial charge in [-0.1, -0.05) is 0 Å². The third-order valence-electron chi connectivity index (χ3n) is 4.83. The van der Waals surface area contributed by atoms with E-state index in [1.165, 1.54) is 0 Å². The van der Waals surface area contributed by atoms with Crippen LogP contribution in [0.25, 0.3) is 0 Å². The van der Waals surface area contributed by atoms with E-state index in [9.17, 15) is 14.4 Å². The van der Waals surface area contributed by atoms with Gasteiger partial charge in [0.2, 0.25) is 17.7 Å². The Morgan fingerprint density at radius 3 is 2.74 bits per heavy atom. The van der Waals surface area contributed by atoms with Crippen molar-refractivity contribution in [1.29, 1.82) is 0 Å². The maximum atomic E-state index is 12.4. The number of carbonyl (C=O) groups excluding carboxylic acids is 3. The van der Waals surface area contributed by atoms with Gasteiger partial charge < -0.3 is 25.4 Å². The highest BCUT2D eigenvalue weighted by molar-refractivity contribution is 5.92. The van der Waals surface area contributed by atoms with Crippen LogP contribution < -0.4 is 15.8 Å². The van der Waals surface area contributed by atoms with Crippen LogP contribution in [0.15, 0.2) is 24.3 Å². The second-order valence-corrected chi connectivity index (χ2v) is 6.85. The smallest absolute Gasteiger partial charge is 0.248 e. The zero-order valence-corrected chi connectivity index (χ0v) is 15.2. The summed E-state index contributed by atoms with van der Waals surface area (Å²) in [4.78, 5) is 37.0. The fraction of sp³-hybridized carbons (Fsp3) is 0.526. The van der Waals surface area contributed by atoms with Gasteiger partial charge in [-0.25, -0.2) is 0 Å². The van der Waals surface area contributed by atoms with Crippen LogP contribution >= 0.6 is 0 Å².